The lowest BCUT2D eigenvalue weighted by atomic mass is 10.1. The summed E-state index contributed by atoms with van der Waals surface area (Å²) < 4.78 is 11.0. The second-order valence-corrected chi connectivity index (χ2v) is 4.34. The monoisotopic (exact) mass is 253 g/mol. The standard InChI is InChI=1S/C11H15N3O2S/c12-11(17)9-5-14-10(6-13-9)16-7-8-3-1-2-4-15-8/h5-6,8H,1-4,7H2,(H2,12,17). The van der Waals surface area contributed by atoms with E-state index in [0.717, 1.165) is 19.4 Å². The summed E-state index contributed by atoms with van der Waals surface area (Å²) >= 11 is 4.79. The zero-order valence-corrected chi connectivity index (χ0v) is 10.3. The quantitative estimate of drug-likeness (QED) is 0.809. The molecule has 2 rings (SSSR count). The van der Waals surface area contributed by atoms with Crippen molar-refractivity contribution < 1.29 is 9.47 Å². The molecule has 1 atom stereocenters. The van der Waals surface area contributed by atoms with Crippen molar-refractivity contribution in [3.05, 3.63) is 18.1 Å². The second kappa shape index (κ2) is 5.88. The molecule has 0 aromatic carbocycles. The Labute approximate surface area is 105 Å². The van der Waals surface area contributed by atoms with Gasteiger partial charge in [0.15, 0.2) is 0 Å². The second-order valence-electron chi connectivity index (χ2n) is 3.90. The summed E-state index contributed by atoms with van der Waals surface area (Å²) in [4.78, 5) is 8.36. The van der Waals surface area contributed by atoms with Crippen molar-refractivity contribution in [2.24, 2.45) is 5.73 Å². The smallest absolute Gasteiger partial charge is 0.232 e. The Morgan fingerprint density at radius 1 is 1.47 bits per heavy atom. The van der Waals surface area contributed by atoms with E-state index in [4.69, 9.17) is 27.4 Å². The van der Waals surface area contributed by atoms with Crippen molar-refractivity contribution in [3.63, 3.8) is 0 Å². The molecule has 2 heterocycles. The van der Waals surface area contributed by atoms with Crippen LogP contribution in [0.25, 0.3) is 0 Å². The van der Waals surface area contributed by atoms with Crippen LogP contribution in [-0.2, 0) is 4.74 Å². The molecule has 1 aliphatic rings. The van der Waals surface area contributed by atoms with Gasteiger partial charge in [-0.2, -0.15) is 0 Å². The van der Waals surface area contributed by atoms with Crippen LogP contribution in [0, 0.1) is 0 Å². The topological polar surface area (TPSA) is 70.3 Å². The van der Waals surface area contributed by atoms with Gasteiger partial charge in [-0.25, -0.2) is 9.97 Å². The van der Waals surface area contributed by atoms with Gasteiger partial charge in [-0.15, -0.1) is 0 Å². The van der Waals surface area contributed by atoms with Crippen LogP contribution in [-0.4, -0.2) is 34.3 Å². The van der Waals surface area contributed by atoms with Crippen molar-refractivity contribution in [3.8, 4) is 5.88 Å². The van der Waals surface area contributed by atoms with Gasteiger partial charge in [-0.3, -0.25) is 0 Å². The molecule has 0 aliphatic carbocycles. The lowest BCUT2D eigenvalue weighted by molar-refractivity contribution is -0.0120. The van der Waals surface area contributed by atoms with Crippen molar-refractivity contribution in [2.45, 2.75) is 25.4 Å². The highest BCUT2D eigenvalue weighted by Gasteiger charge is 2.14. The zero-order valence-electron chi connectivity index (χ0n) is 9.46. The molecule has 0 spiro atoms. The molecule has 1 fully saturated rings. The molecule has 0 saturated carbocycles. The Morgan fingerprint density at radius 3 is 2.94 bits per heavy atom. The van der Waals surface area contributed by atoms with Crippen molar-refractivity contribution >= 4 is 17.2 Å². The van der Waals surface area contributed by atoms with Crippen LogP contribution in [0.4, 0.5) is 0 Å². The molecular formula is C11H15N3O2S. The minimum atomic E-state index is 0.167. The summed E-state index contributed by atoms with van der Waals surface area (Å²) in [7, 11) is 0. The van der Waals surface area contributed by atoms with Crippen molar-refractivity contribution in [1.29, 1.82) is 0 Å². The number of ether oxygens (including phenoxy) is 2. The third kappa shape index (κ3) is 3.61. The SMILES string of the molecule is NC(=S)c1cnc(OCC2CCCCO2)cn1. The Bertz CT molecular complexity index is 377. The Kier molecular flexibility index (Phi) is 4.22. The van der Waals surface area contributed by atoms with Crippen LogP contribution in [0.3, 0.4) is 0 Å². The van der Waals surface area contributed by atoms with E-state index < -0.39 is 0 Å². The van der Waals surface area contributed by atoms with Gasteiger partial charge < -0.3 is 15.2 Å². The summed E-state index contributed by atoms with van der Waals surface area (Å²) in [6, 6.07) is 0. The van der Waals surface area contributed by atoms with Gasteiger partial charge in [-0.1, -0.05) is 12.2 Å². The number of hydrogen-bond acceptors (Lipinski definition) is 5. The lowest BCUT2D eigenvalue weighted by Gasteiger charge is -2.22. The largest absolute Gasteiger partial charge is 0.474 e. The van der Waals surface area contributed by atoms with Crippen LogP contribution >= 0.6 is 12.2 Å². The fourth-order valence-electron chi connectivity index (χ4n) is 1.64. The number of nitrogens with two attached hydrogens (primary N) is 1. The number of hydrogen-bond donors (Lipinski definition) is 1. The third-order valence-corrected chi connectivity index (χ3v) is 2.78. The van der Waals surface area contributed by atoms with E-state index >= 15 is 0 Å². The number of rotatable bonds is 4. The first-order valence-corrected chi connectivity index (χ1v) is 6.03. The van der Waals surface area contributed by atoms with Crippen LogP contribution < -0.4 is 10.5 Å². The molecule has 1 saturated heterocycles. The van der Waals surface area contributed by atoms with Gasteiger partial charge in [-0.05, 0) is 19.3 Å². The molecule has 1 aliphatic heterocycles. The van der Waals surface area contributed by atoms with Gasteiger partial charge in [0, 0.05) is 6.61 Å². The highest BCUT2D eigenvalue weighted by Crippen LogP contribution is 2.14. The van der Waals surface area contributed by atoms with E-state index in [-0.39, 0.29) is 11.1 Å². The molecule has 1 aromatic rings. The molecule has 17 heavy (non-hydrogen) atoms. The summed E-state index contributed by atoms with van der Waals surface area (Å²) in [6.07, 6.45) is 6.58. The minimum Gasteiger partial charge on any atom is -0.474 e. The first kappa shape index (κ1) is 12.2. The predicted molar refractivity (Wildman–Crippen MR) is 67.0 cm³/mol. The maximum Gasteiger partial charge on any atom is 0.232 e. The highest BCUT2D eigenvalue weighted by molar-refractivity contribution is 7.80. The summed E-state index contributed by atoms with van der Waals surface area (Å²) in [5, 5.41) is 0. The molecule has 0 bridgehead atoms. The minimum absolute atomic E-state index is 0.167. The van der Waals surface area contributed by atoms with E-state index in [0.29, 0.717) is 18.2 Å². The first-order chi connectivity index (χ1) is 8.25. The molecule has 92 valence electrons. The van der Waals surface area contributed by atoms with Gasteiger partial charge >= 0.3 is 0 Å². The molecule has 0 radical (unpaired) electrons. The predicted octanol–water partition coefficient (Wildman–Crippen LogP) is 1.06. The van der Waals surface area contributed by atoms with E-state index in [9.17, 15) is 0 Å². The van der Waals surface area contributed by atoms with Crippen LogP contribution in [0.15, 0.2) is 12.4 Å². The van der Waals surface area contributed by atoms with E-state index in [1.165, 1.54) is 18.8 Å². The molecular weight excluding hydrogens is 238 g/mol. The van der Waals surface area contributed by atoms with E-state index in [2.05, 4.69) is 9.97 Å². The number of aromatic nitrogens is 2. The first-order valence-electron chi connectivity index (χ1n) is 5.62. The highest BCUT2D eigenvalue weighted by atomic mass is 32.1. The Hall–Kier alpha value is -1.27. The normalized spacial score (nSPS) is 19.9. The zero-order chi connectivity index (χ0) is 12.1. The fourth-order valence-corrected chi connectivity index (χ4v) is 1.74. The Balaban J connectivity index is 1.84. The van der Waals surface area contributed by atoms with Gasteiger partial charge in [0.05, 0.1) is 18.5 Å². The maximum absolute atomic E-state index is 5.55. The van der Waals surface area contributed by atoms with Crippen LogP contribution in [0.5, 0.6) is 5.88 Å². The molecule has 5 nitrogen and oxygen atoms in total. The molecule has 1 aromatic heterocycles. The third-order valence-electron chi connectivity index (χ3n) is 2.57. The summed E-state index contributed by atoms with van der Waals surface area (Å²) in [5.74, 6) is 0.471. The van der Waals surface area contributed by atoms with E-state index in [1.807, 2.05) is 0 Å². The van der Waals surface area contributed by atoms with Gasteiger partial charge in [0.25, 0.3) is 0 Å². The molecule has 6 heteroatoms. The fraction of sp³-hybridized carbons (Fsp3) is 0.545. The summed E-state index contributed by atoms with van der Waals surface area (Å²) in [5.41, 5.74) is 5.92. The number of thiocarbonyl (C=S) groups is 1. The van der Waals surface area contributed by atoms with E-state index in [1.54, 1.807) is 0 Å². The number of nitrogens with zero attached hydrogens (tertiary/aromatic N) is 2. The Morgan fingerprint density at radius 2 is 2.35 bits per heavy atom. The lowest BCUT2D eigenvalue weighted by Crippen LogP contribution is -2.26. The molecule has 0 amide bonds. The molecule has 2 N–H and O–H groups in total. The molecule has 1 unspecified atom stereocenters. The van der Waals surface area contributed by atoms with Crippen LogP contribution in [0.1, 0.15) is 25.0 Å². The average Bonchev–Trinajstić information content (AvgIpc) is 2.38. The van der Waals surface area contributed by atoms with Gasteiger partial charge in [0.1, 0.15) is 17.3 Å². The maximum atomic E-state index is 5.55. The van der Waals surface area contributed by atoms with Crippen LogP contribution in [0.2, 0.25) is 0 Å². The average molecular weight is 253 g/mol. The summed E-state index contributed by atoms with van der Waals surface area (Å²) in [6.45, 7) is 1.33. The van der Waals surface area contributed by atoms with Crippen molar-refractivity contribution in [1.82, 2.24) is 9.97 Å². The van der Waals surface area contributed by atoms with Gasteiger partial charge in [0.2, 0.25) is 5.88 Å². The van der Waals surface area contributed by atoms with Crippen molar-refractivity contribution in [2.75, 3.05) is 13.2 Å².